The molecule has 0 aromatic rings. The van der Waals surface area contributed by atoms with Crippen molar-refractivity contribution in [2.75, 3.05) is 0 Å². The zero-order chi connectivity index (χ0) is 10.9. The van der Waals surface area contributed by atoms with E-state index in [1.807, 2.05) is 0 Å². The van der Waals surface area contributed by atoms with Crippen molar-refractivity contribution in [1.82, 2.24) is 0 Å². The van der Waals surface area contributed by atoms with Crippen LogP contribution in [0.4, 0.5) is 0 Å². The Kier molecular flexibility index (Phi) is 4.37. The van der Waals surface area contributed by atoms with E-state index >= 15 is 0 Å². The largest absolute Gasteiger partial charge is 0.474 e. The van der Waals surface area contributed by atoms with Gasteiger partial charge in [0.2, 0.25) is 0 Å². The van der Waals surface area contributed by atoms with E-state index in [1.165, 1.54) is 0 Å². The van der Waals surface area contributed by atoms with Crippen molar-refractivity contribution in [1.29, 1.82) is 0 Å². The third-order valence-corrected chi connectivity index (χ3v) is 2.18. The van der Waals surface area contributed by atoms with E-state index < -0.39 is 20.4 Å². The fourth-order valence-corrected chi connectivity index (χ4v) is 2.06. The molecule has 0 fully saturated rings. The highest BCUT2D eigenvalue weighted by atomic mass is 35.5. The first-order valence-electron chi connectivity index (χ1n) is 2.32. The summed E-state index contributed by atoms with van der Waals surface area (Å²) in [6, 6.07) is 0. The Balaban J connectivity index is 4.43. The molecular formula is CH4Cl2O8P2. The maximum Gasteiger partial charge on any atom is 0.474 e. The minimum atomic E-state index is -5.11. The Morgan fingerprint density at radius 2 is 1.15 bits per heavy atom. The molecule has 4 N–H and O–H groups in total. The van der Waals surface area contributed by atoms with Gasteiger partial charge in [0.15, 0.2) is 0 Å². The molecule has 0 spiro atoms. The Morgan fingerprint density at radius 1 is 0.923 bits per heavy atom. The average Bonchev–Trinajstić information content (AvgIpc) is 1.43. The lowest BCUT2D eigenvalue weighted by molar-refractivity contribution is -0.00750. The molecule has 0 amide bonds. The zero-order valence-electron chi connectivity index (χ0n) is 5.57. The molecule has 0 heterocycles. The number of phosphoric ester groups is 2. The molecule has 13 heavy (non-hydrogen) atoms. The van der Waals surface area contributed by atoms with Crippen LogP contribution in [0.1, 0.15) is 0 Å². The molecule has 0 bridgehead atoms. The van der Waals surface area contributed by atoms with Crippen LogP contribution in [0.2, 0.25) is 0 Å². The van der Waals surface area contributed by atoms with Gasteiger partial charge in [-0.15, -0.1) is 0 Å². The summed E-state index contributed by atoms with van der Waals surface area (Å²) in [5, 5.41) is 0. The molecule has 0 aliphatic carbocycles. The zero-order valence-corrected chi connectivity index (χ0v) is 8.87. The molecule has 12 heteroatoms. The predicted octanol–water partition coefficient (Wildman–Crippen LogP) is 0.294. The van der Waals surface area contributed by atoms with Crippen LogP contribution in [0.25, 0.3) is 0 Å². The second-order valence-electron chi connectivity index (χ2n) is 1.63. The van der Waals surface area contributed by atoms with Crippen LogP contribution >= 0.6 is 38.8 Å². The van der Waals surface area contributed by atoms with Gasteiger partial charge in [-0.2, -0.15) is 0 Å². The fourth-order valence-electron chi connectivity index (χ4n) is 0.294. The van der Waals surface area contributed by atoms with Crippen LogP contribution in [0, 0.1) is 0 Å². The average molecular weight is 277 g/mol. The molecule has 0 rings (SSSR count). The van der Waals surface area contributed by atoms with E-state index in [0.29, 0.717) is 0 Å². The number of alkyl halides is 2. The van der Waals surface area contributed by atoms with E-state index in [4.69, 9.17) is 42.8 Å². The second kappa shape index (κ2) is 4.12. The van der Waals surface area contributed by atoms with Crippen molar-refractivity contribution in [2.24, 2.45) is 0 Å². The number of hydrogen-bond donors (Lipinski definition) is 4. The van der Waals surface area contributed by atoms with Gasteiger partial charge in [-0.05, 0) is 23.2 Å². The van der Waals surface area contributed by atoms with Crippen LogP contribution in [0.3, 0.4) is 0 Å². The lowest BCUT2D eigenvalue weighted by atomic mass is 11.5. The van der Waals surface area contributed by atoms with Gasteiger partial charge in [-0.3, -0.25) is 0 Å². The lowest BCUT2D eigenvalue weighted by Gasteiger charge is -2.19. The van der Waals surface area contributed by atoms with E-state index in [1.54, 1.807) is 0 Å². The molecule has 0 saturated carbocycles. The summed E-state index contributed by atoms with van der Waals surface area (Å²) in [5.74, 6) is 0. The van der Waals surface area contributed by atoms with Crippen LogP contribution < -0.4 is 0 Å². The van der Waals surface area contributed by atoms with Crippen molar-refractivity contribution in [3.05, 3.63) is 0 Å². The van der Waals surface area contributed by atoms with Gasteiger partial charge in [-0.25, -0.2) is 18.2 Å². The molecule has 0 aliphatic heterocycles. The monoisotopic (exact) mass is 276 g/mol. The van der Waals surface area contributed by atoms with Gasteiger partial charge in [-0.1, -0.05) is 0 Å². The number of hydrogen-bond acceptors (Lipinski definition) is 4. The number of halogens is 2. The fraction of sp³-hybridized carbons (Fsp3) is 1.00. The van der Waals surface area contributed by atoms with Gasteiger partial charge in [0.05, 0.1) is 0 Å². The minimum Gasteiger partial charge on any atom is -0.303 e. The third kappa shape index (κ3) is 9.11. The highest BCUT2D eigenvalue weighted by Crippen LogP contribution is 2.52. The topological polar surface area (TPSA) is 134 Å². The smallest absolute Gasteiger partial charge is 0.303 e. The van der Waals surface area contributed by atoms with Gasteiger partial charge in [0.1, 0.15) is 0 Å². The van der Waals surface area contributed by atoms with Gasteiger partial charge in [0, 0.05) is 0 Å². The second-order valence-corrected chi connectivity index (χ2v) is 5.14. The minimum absolute atomic E-state index is 3.11. The summed E-state index contributed by atoms with van der Waals surface area (Å²) in [5.41, 5.74) is 0. The molecular weight excluding hydrogens is 273 g/mol. The van der Waals surface area contributed by atoms with Crippen LogP contribution in [0.15, 0.2) is 0 Å². The number of rotatable bonds is 4. The maximum atomic E-state index is 10.1. The lowest BCUT2D eigenvalue weighted by Crippen LogP contribution is -2.19. The van der Waals surface area contributed by atoms with Gasteiger partial charge in [0.25, 0.3) is 0 Å². The van der Waals surface area contributed by atoms with Crippen molar-refractivity contribution < 1.29 is 37.8 Å². The SMILES string of the molecule is O=P(O)(O)OC(Cl)(Cl)OP(=O)(O)O. The van der Waals surface area contributed by atoms with Crippen molar-refractivity contribution in [2.45, 2.75) is 4.71 Å². The Hall–Kier alpha value is 0.800. The molecule has 0 atom stereocenters. The standard InChI is InChI=1S/CH4Cl2O8P2/c2-1(3,10-12(4,5)6)11-13(7,8)9/h(H2,4,5,6)(H2,7,8,9). The van der Waals surface area contributed by atoms with Gasteiger partial charge >= 0.3 is 20.4 Å². The van der Waals surface area contributed by atoms with Crippen LogP contribution in [-0.4, -0.2) is 24.3 Å². The van der Waals surface area contributed by atoms with Crippen molar-refractivity contribution in [3.8, 4) is 0 Å². The Labute approximate surface area is 81.8 Å². The van der Waals surface area contributed by atoms with Crippen LogP contribution in [0.5, 0.6) is 0 Å². The first kappa shape index (κ1) is 13.8. The summed E-state index contributed by atoms with van der Waals surface area (Å²) in [7, 11) is -10.2. The summed E-state index contributed by atoms with van der Waals surface area (Å²) in [6.45, 7) is 0. The molecule has 8 nitrogen and oxygen atoms in total. The van der Waals surface area contributed by atoms with Crippen molar-refractivity contribution >= 4 is 38.8 Å². The van der Waals surface area contributed by atoms with E-state index in [2.05, 4.69) is 9.05 Å². The Morgan fingerprint density at radius 3 is 1.31 bits per heavy atom. The predicted molar refractivity (Wildman–Crippen MR) is 40.7 cm³/mol. The summed E-state index contributed by atoms with van der Waals surface area (Å²) in [6.07, 6.45) is 0. The molecule has 0 aromatic heterocycles. The molecule has 0 aliphatic rings. The number of phosphoric acid groups is 2. The van der Waals surface area contributed by atoms with E-state index in [9.17, 15) is 9.13 Å². The third-order valence-electron chi connectivity index (χ3n) is 0.450. The molecule has 0 unspecified atom stereocenters. The van der Waals surface area contributed by atoms with Crippen LogP contribution in [-0.2, 0) is 18.2 Å². The molecule has 0 saturated heterocycles. The summed E-state index contributed by atoms with van der Waals surface area (Å²) >= 11 is 9.68. The molecule has 80 valence electrons. The summed E-state index contributed by atoms with van der Waals surface area (Å²) in [4.78, 5) is 32.5. The maximum absolute atomic E-state index is 10.1. The first-order valence-corrected chi connectivity index (χ1v) is 6.13. The highest BCUT2D eigenvalue weighted by molar-refractivity contribution is 7.47. The molecule has 0 radical (unpaired) electrons. The van der Waals surface area contributed by atoms with E-state index in [-0.39, 0.29) is 0 Å². The van der Waals surface area contributed by atoms with Crippen molar-refractivity contribution in [3.63, 3.8) is 0 Å². The highest BCUT2D eigenvalue weighted by Gasteiger charge is 2.41. The summed E-state index contributed by atoms with van der Waals surface area (Å²) < 4.78 is 24.1. The van der Waals surface area contributed by atoms with Gasteiger partial charge < -0.3 is 19.6 Å². The first-order chi connectivity index (χ1) is 5.41. The van der Waals surface area contributed by atoms with E-state index in [0.717, 1.165) is 0 Å². The molecule has 0 aromatic carbocycles. The quantitative estimate of drug-likeness (QED) is 0.327. The normalized spacial score (nSPS) is 14.6. The Bertz CT molecular complexity index is 235.